The lowest BCUT2D eigenvalue weighted by atomic mass is 9.86. The first kappa shape index (κ1) is 16.9. The minimum atomic E-state index is -0.0791. The van der Waals surface area contributed by atoms with Gasteiger partial charge < -0.3 is 15.4 Å². The number of carbonyl (C=O) groups excluding carboxylic acids is 1. The van der Waals surface area contributed by atoms with Gasteiger partial charge in [0, 0.05) is 17.4 Å². The summed E-state index contributed by atoms with van der Waals surface area (Å²) in [6, 6.07) is 15.4. The summed E-state index contributed by atoms with van der Waals surface area (Å²) in [7, 11) is 1.62. The van der Waals surface area contributed by atoms with Crippen molar-refractivity contribution in [1.29, 1.82) is 0 Å². The molecule has 4 nitrogen and oxygen atoms in total. The summed E-state index contributed by atoms with van der Waals surface area (Å²) >= 11 is 0. The first-order valence-corrected chi connectivity index (χ1v) is 7.67. The number of nitrogens with one attached hydrogen (secondary N) is 2. The van der Waals surface area contributed by atoms with Crippen molar-refractivity contribution >= 4 is 17.3 Å². The molecule has 0 radical (unpaired) electrons. The van der Waals surface area contributed by atoms with Gasteiger partial charge in [0.25, 0.3) is 0 Å². The van der Waals surface area contributed by atoms with Crippen molar-refractivity contribution < 1.29 is 9.53 Å². The van der Waals surface area contributed by atoms with Crippen molar-refractivity contribution in [1.82, 2.24) is 0 Å². The van der Waals surface area contributed by atoms with Gasteiger partial charge in [-0.2, -0.15) is 0 Å². The second-order valence-electron chi connectivity index (χ2n) is 6.43. The molecule has 2 N–H and O–H groups in total. The zero-order chi connectivity index (χ0) is 16.9. The molecule has 122 valence electrons. The summed E-state index contributed by atoms with van der Waals surface area (Å²) < 4.78 is 5.17. The fourth-order valence-corrected chi connectivity index (χ4v) is 2.36. The van der Waals surface area contributed by atoms with Crippen LogP contribution >= 0.6 is 0 Å². The van der Waals surface area contributed by atoms with Gasteiger partial charge in [0.1, 0.15) is 5.75 Å². The molecule has 2 aromatic carbocycles. The number of carbonyl (C=O) groups is 1. The van der Waals surface area contributed by atoms with Crippen LogP contribution in [0.1, 0.15) is 26.3 Å². The van der Waals surface area contributed by atoms with E-state index in [2.05, 4.69) is 31.4 Å². The standard InChI is InChI=1S/C19H24N2O2/c1-19(2,3)16-10-5-6-11-17(16)21-18(22)13-20-14-8-7-9-15(12-14)23-4/h5-12,20H,13H2,1-4H3,(H,21,22). The molecule has 0 fully saturated rings. The number of anilines is 2. The molecule has 0 heterocycles. The van der Waals surface area contributed by atoms with Gasteiger partial charge in [0.2, 0.25) is 5.91 Å². The van der Waals surface area contributed by atoms with Gasteiger partial charge in [-0.3, -0.25) is 4.79 Å². The summed E-state index contributed by atoms with van der Waals surface area (Å²) in [5.41, 5.74) is 2.81. The van der Waals surface area contributed by atoms with Crippen molar-refractivity contribution in [3.63, 3.8) is 0 Å². The smallest absolute Gasteiger partial charge is 0.243 e. The average Bonchev–Trinajstić information content (AvgIpc) is 2.52. The van der Waals surface area contributed by atoms with Gasteiger partial charge in [-0.25, -0.2) is 0 Å². The van der Waals surface area contributed by atoms with Crippen LogP contribution in [0.15, 0.2) is 48.5 Å². The molecular formula is C19H24N2O2. The maximum atomic E-state index is 12.2. The molecule has 0 aliphatic rings. The fraction of sp³-hybridized carbons (Fsp3) is 0.316. The Balaban J connectivity index is 2.00. The summed E-state index contributed by atoms with van der Waals surface area (Å²) in [5.74, 6) is 0.679. The van der Waals surface area contributed by atoms with Crippen LogP contribution in [0.3, 0.4) is 0 Å². The van der Waals surface area contributed by atoms with Crippen LogP contribution < -0.4 is 15.4 Å². The highest BCUT2D eigenvalue weighted by molar-refractivity contribution is 5.94. The Morgan fingerprint density at radius 1 is 1.09 bits per heavy atom. The molecule has 0 saturated heterocycles. The Labute approximate surface area is 137 Å². The topological polar surface area (TPSA) is 50.4 Å². The molecule has 2 aromatic rings. The third-order valence-corrected chi connectivity index (χ3v) is 3.53. The number of amides is 1. The monoisotopic (exact) mass is 312 g/mol. The van der Waals surface area contributed by atoms with Crippen LogP contribution in [0.5, 0.6) is 5.75 Å². The predicted octanol–water partition coefficient (Wildman–Crippen LogP) is 4.04. The molecule has 0 atom stereocenters. The number of hydrogen-bond acceptors (Lipinski definition) is 3. The summed E-state index contributed by atoms with van der Waals surface area (Å²) in [6.07, 6.45) is 0. The lowest BCUT2D eigenvalue weighted by molar-refractivity contribution is -0.114. The second kappa shape index (κ2) is 7.18. The van der Waals surface area contributed by atoms with Crippen LogP contribution in [0.25, 0.3) is 0 Å². The minimum absolute atomic E-state index is 0.0237. The molecule has 0 aliphatic carbocycles. The quantitative estimate of drug-likeness (QED) is 0.876. The number of methoxy groups -OCH3 is 1. The third-order valence-electron chi connectivity index (χ3n) is 3.53. The van der Waals surface area contributed by atoms with Gasteiger partial charge in [0.05, 0.1) is 13.7 Å². The maximum absolute atomic E-state index is 12.2. The van der Waals surface area contributed by atoms with E-state index in [0.717, 1.165) is 22.7 Å². The molecule has 1 amide bonds. The zero-order valence-electron chi connectivity index (χ0n) is 14.1. The molecule has 0 aromatic heterocycles. The van der Waals surface area contributed by atoms with Crippen molar-refractivity contribution in [2.24, 2.45) is 0 Å². The van der Waals surface area contributed by atoms with Gasteiger partial charge >= 0.3 is 0 Å². The fourth-order valence-electron chi connectivity index (χ4n) is 2.36. The molecule has 0 unspecified atom stereocenters. The zero-order valence-corrected chi connectivity index (χ0v) is 14.1. The number of hydrogen-bond donors (Lipinski definition) is 2. The van der Waals surface area contributed by atoms with E-state index < -0.39 is 0 Å². The van der Waals surface area contributed by atoms with Crippen LogP contribution in [0, 0.1) is 0 Å². The highest BCUT2D eigenvalue weighted by Crippen LogP contribution is 2.29. The average molecular weight is 312 g/mol. The highest BCUT2D eigenvalue weighted by atomic mass is 16.5. The first-order chi connectivity index (χ1) is 10.9. The van der Waals surface area contributed by atoms with Crippen LogP contribution in [-0.2, 0) is 10.2 Å². The van der Waals surface area contributed by atoms with Crippen LogP contribution in [-0.4, -0.2) is 19.6 Å². The van der Waals surface area contributed by atoms with E-state index in [1.54, 1.807) is 7.11 Å². The first-order valence-electron chi connectivity index (χ1n) is 7.67. The van der Waals surface area contributed by atoms with Crippen molar-refractivity contribution in [2.75, 3.05) is 24.3 Å². The van der Waals surface area contributed by atoms with E-state index in [9.17, 15) is 4.79 Å². The third kappa shape index (κ3) is 4.74. The van der Waals surface area contributed by atoms with Crippen molar-refractivity contribution in [3.05, 3.63) is 54.1 Å². The Kier molecular flexibility index (Phi) is 5.27. The molecule has 0 bridgehead atoms. The van der Waals surface area contributed by atoms with E-state index >= 15 is 0 Å². The SMILES string of the molecule is COc1cccc(NCC(=O)Nc2ccccc2C(C)(C)C)c1. The van der Waals surface area contributed by atoms with E-state index in [1.807, 2.05) is 48.5 Å². The minimum Gasteiger partial charge on any atom is -0.497 e. The molecule has 0 aliphatic heterocycles. The lowest BCUT2D eigenvalue weighted by Crippen LogP contribution is -2.24. The van der Waals surface area contributed by atoms with Gasteiger partial charge in [-0.05, 0) is 29.2 Å². The van der Waals surface area contributed by atoms with E-state index in [0.29, 0.717) is 0 Å². The molecule has 4 heteroatoms. The largest absolute Gasteiger partial charge is 0.497 e. The van der Waals surface area contributed by atoms with Crippen LogP contribution in [0.4, 0.5) is 11.4 Å². The second-order valence-corrected chi connectivity index (χ2v) is 6.43. The predicted molar refractivity (Wildman–Crippen MR) is 95.3 cm³/mol. The molecule has 23 heavy (non-hydrogen) atoms. The number of benzene rings is 2. The van der Waals surface area contributed by atoms with Gasteiger partial charge in [-0.15, -0.1) is 0 Å². The molecule has 0 spiro atoms. The van der Waals surface area contributed by atoms with Crippen LogP contribution in [0.2, 0.25) is 0 Å². The summed E-state index contributed by atoms with van der Waals surface area (Å²) in [6.45, 7) is 6.59. The van der Waals surface area contributed by atoms with Crippen molar-refractivity contribution in [3.8, 4) is 5.75 Å². The van der Waals surface area contributed by atoms with Gasteiger partial charge in [-0.1, -0.05) is 45.0 Å². The summed E-state index contributed by atoms with van der Waals surface area (Å²) in [5, 5.41) is 6.09. The Morgan fingerprint density at radius 2 is 1.83 bits per heavy atom. The normalized spacial score (nSPS) is 11.0. The number of para-hydroxylation sites is 1. The Hall–Kier alpha value is -2.49. The molecule has 2 rings (SSSR count). The summed E-state index contributed by atoms with van der Waals surface area (Å²) in [4.78, 5) is 12.2. The highest BCUT2D eigenvalue weighted by Gasteiger charge is 2.18. The van der Waals surface area contributed by atoms with E-state index in [1.165, 1.54) is 0 Å². The number of rotatable bonds is 5. The molecular weight excluding hydrogens is 288 g/mol. The molecule has 0 saturated carbocycles. The number of ether oxygens (including phenoxy) is 1. The maximum Gasteiger partial charge on any atom is 0.243 e. The van der Waals surface area contributed by atoms with Gasteiger partial charge in [0.15, 0.2) is 0 Å². The van der Waals surface area contributed by atoms with Crippen molar-refractivity contribution in [2.45, 2.75) is 26.2 Å². The van der Waals surface area contributed by atoms with E-state index in [-0.39, 0.29) is 17.9 Å². The Morgan fingerprint density at radius 3 is 2.52 bits per heavy atom. The Bertz CT molecular complexity index is 675. The van der Waals surface area contributed by atoms with E-state index in [4.69, 9.17) is 4.74 Å². The lowest BCUT2D eigenvalue weighted by Gasteiger charge is -2.23.